The highest BCUT2D eigenvalue weighted by Gasteiger charge is 2.38. The maximum Gasteiger partial charge on any atom is 0.312 e. The van der Waals surface area contributed by atoms with Gasteiger partial charge in [-0.15, -0.1) is 0 Å². The molecule has 0 aliphatic carbocycles. The van der Waals surface area contributed by atoms with Crippen LogP contribution in [0, 0.1) is 34.8 Å². The van der Waals surface area contributed by atoms with E-state index in [9.17, 15) is 18.8 Å². The van der Waals surface area contributed by atoms with E-state index in [1.165, 1.54) is 23.1 Å². The molecular weight excluding hydrogens is 463 g/mol. The lowest BCUT2D eigenvalue weighted by molar-refractivity contribution is -0.148. The number of hydrogen-bond acceptors (Lipinski definition) is 7. The van der Waals surface area contributed by atoms with E-state index in [0.717, 1.165) is 5.56 Å². The Morgan fingerprint density at radius 2 is 1.86 bits per heavy atom. The van der Waals surface area contributed by atoms with Crippen molar-refractivity contribution >= 4 is 11.7 Å². The molecule has 0 atom stereocenters. The highest BCUT2D eigenvalue weighted by Crippen LogP contribution is 2.39. The Labute approximate surface area is 199 Å². The SMILES string of the molecule is CCOC(=O)C1CN(c2c(F)c(F)nc(Oc3cc(C#N)ccc3OCc3ccccc3)c2F)C1. The van der Waals surface area contributed by atoms with Crippen LogP contribution in [0.25, 0.3) is 0 Å². The number of benzene rings is 2. The number of halogens is 3. The van der Waals surface area contributed by atoms with Gasteiger partial charge in [0.25, 0.3) is 11.8 Å². The summed E-state index contributed by atoms with van der Waals surface area (Å²) in [7, 11) is 0. The van der Waals surface area contributed by atoms with E-state index < -0.39 is 41.0 Å². The molecule has 1 aliphatic rings. The third kappa shape index (κ3) is 5.14. The summed E-state index contributed by atoms with van der Waals surface area (Å²) in [5, 5.41) is 9.24. The lowest BCUT2D eigenvalue weighted by Crippen LogP contribution is -2.51. The average Bonchev–Trinajstić information content (AvgIpc) is 2.83. The van der Waals surface area contributed by atoms with Crippen molar-refractivity contribution in [3.63, 3.8) is 0 Å². The summed E-state index contributed by atoms with van der Waals surface area (Å²) in [6, 6.07) is 15.3. The van der Waals surface area contributed by atoms with Crippen molar-refractivity contribution < 1.29 is 32.2 Å². The van der Waals surface area contributed by atoms with Crippen LogP contribution in [0.4, 0.5) is 18.9 Å². The predicted octanol–water partition coefficient (Wildman–Crippen LogP) is 4.74. The minimum Gasteiger partial charge on any atom is -0.485 e. The van der Waals surface area contributed by atoms with Crippen LogP contribution in [0.2, 0.25) is 0 Å². The molecule has 4 rings (SSSR count). The third-order valence-corrected chi connectivity index (χ3v) is 5.32. The number of hydrogen-bond donors (Lipinski definition) is 0. The van der Waals surface area contributed by atoms with Crippen LogP contribution in [0.1, 0.15) is 18.1 Å². The van der Waals surface area contributed by atoms with E-state index in [1.807, 2.05) is 36.4 Å². The topological polar surface area (TPSA) is 84.7 Å². The zero-order chi connectivity index (χ0) is 24.9. The lowest BCUT2D eigenvalue weighted by Gasteiger charge is -2.39. The van der Waals surface area contributed by atoms with Gasteiger partial charge in [-0.2, -0.15) is 23.4 Å². The van der Waals surface area contributed by atoms with Crippen LogP contribution in [0.3, 0.4) is 0 Å². The molecule has 180 valence electrons. The van der Waals surface area contributed by atoms with Crippen LogP contribution in [-0.4, -0.2) is 30.6 Å². The van der Waals surface area contributed by atoms with Gasteiger partial charge in [0.15, 0.2) is 11.5 Å². The fourth-order valence-electron chi connectivity index (χ4n) is 3.51. The highest BCUT2D eigenvalue weighted by molar-refractivity contribution is 5.76. The number of aromatic nitrogens is 1. The number of nitriles is 1. The molecule has 0 spiro atoms. The van der Waals surface area contributed by atoms with Gasteiger partial charge in [-0.3, -0.25) is 4.79 Å². The van der Waals surface area contributed by atoms with Crippen molar-refractivity contribution in [2.24, 2.45) is 5.92 Å². The number of carbonyl (C=O) groups excluding carboxylic acids is 1. The zero-order valence-corrected chi connectivity index (χ0v) is 18.6. The van der Waals surface area contributed by atoms with Gasteiger partial charge in [-0.25, -0.2) is 0 Å². The monoisotopic (exact) mass is 483 g/mol. The molecule has 2 aromatic carbocycles. The summed E-state index contributed by atoms with van der Waals surface area (Å²) in [5.41, 5.74) is 0.322. The molecule has 10 heteroatoms. The van der Waals surface area contributed by atoms with Crippen molar-refractivity contribution in [2.75, 3.05) is 24.6 Å². The van der Waals surface area contributed by atoms with Gasteiger partial charge in [0.05, 0.1) is 24.2 Å². The summed E-state index contributed by atoms with van der Waals surface area (Å²) in [4.78, 5) is 16.3. The molecule has 1 saturated heterocycles. The van der Waals surface area contributed by atoms with Gasteiger partial charge in [0.2, 0.25) is 11.6 Å². The first-order valence-electron chi connectivity index (χ1n) is 10.8. The Kier molecular flexibility index (Phi) is 7.06. The second kappa shape index (κ2) is 10.3. The van der Waals surface area contributed by atoms with Crippen molar-refractivity contribution in [1.82, 2.24) is 4.98 Å². The van der Waals surface area contributed by atoms with Crippen molar-refractivity contribution in [1.29, 1.82) is 5.26 Å². The van der Waals surface area contributed by atoms with Crippen LogP contribution < -0.4 is 14.4 Å². The summed E-state index contributed by atoms with van der Waals surface area (Å²) in [6.45, 7) is 1.87. The van der Waals surface area contributed by atoms with Gasteiger partial charge >= 0.3 is 5.97 Å². The standard InChI is InChI=1S/C25H20F3N3O4/c1-2-33-25(32)17-12-31(13-17)22-20(26)23(28)30-24(21(22)27)35-19-10-16(11-29)8-9-18(19)34-14-15-6-4-3-5-7-15/h3-10,17H,2,12-14H2,1H3. The summed E-state index contributed by atoms with van der Waals surface area (Å²) < 4.78 is 60.2. The normalized spacial score (nSPS) is 13.1. The van der Waals surface area contributed by atoms with Gasteiger partial charge in [0.1, 0.15) is 12.3 Å². The predicted molar refractivity (Wildman–Crippen MR) is 118 cm³/mol. The second-order valence-electron chi connectivity index (χ2n) is 7.69. The first kappa shape index (κ1) is 23.9. The van der Waals surface area contributed by atoms with Crippen LogP contribution in [-0.2, 0) is 16.1 Å². The Balaban J connectivity index is 1.60. The molecule has 0 N–H and O–H groups in total. The molecule has 1 fully saturated rings. The van der Waals surface area contributed by atoms with Crippen LogP contribution in [0.15, 0.2) is 48.5 Å². The molecule has 0 saturated carbocycles. The fourth-order valence-corrected chi connectivity index (χ4v) is 3.51. The summed E-state index contributed by atoms with van der Waals surface area (Å²) >= 11 is 0. The number of carbonyl (C=O) groups is 1. The van der Waals surface area contributed by atoms with Gasteiger partial charge in [-0.05, 0) is 24.6 Å². The molecule has 1 aromatic heterocycles. The molecular formula is C25H20F3N3O4. The maximum atomic E-state index is 15.3. The number of ether oxygens (including phenoxy) is 3. The number of anilines is 1. The largest absolute Gasteiger partial charge is 0.485 e. The van der Waals surface area contributed by atoms with E-state index in [0.29, 0.717) is 0 Å². The van der Waals surface area contributed by atoms with E-state index in [4.69, 9.17) is 14.2 Å². The minimum absolute atomic E-state index is 0.0507. The van der Waals surface area contributed by atoms with E-state index in [1.54, 1.807) is 6.92 Å². The Morgan fingerprint density at radius 3 is 2.54 bits per heavy atom. The molecule has 35 heavy (non-hydrogen) atoms. The Bertz CT molecular complexity index is 1280. The minimum atomic E-state index is -1.57. The molecule has 1 aliphatic heterocycles. The fraction of sp³-hybridized carbons (Fsp3) is 0.240. The molecule has 3 aromatic rings. The van der Waals surface area contributed by atoms with Crippen molar-refractivity contribution in [2.45, 2.75) is 13.5 Å². The second-order valence-corrected chi connectivity index (χ2v) is 7.69. The number of esters is 1. The summed E-state index contributed by atoms with van der Waals surface area (Å²) in [5.74, 6) is -6.19. The van der Waals surface area contributed by atoms with Gasteiger partial charge < -0.3 is 19.1 Å². The first-order chi connectivity index (χ1) is 16.9. The van der Waals surface area contributed by atoms with E-state index in [-0.39, 0.29) is 43.4 Å². The van der Waals surface area contributed by atoms with Crippen LogP contribution >= 0.6 is 0 Å². The van der Waals surface area contributed by atoms with Gasteiger partial charge in [-0.1, -0.05) is 30.3 Å². The molecule has 0 bridgehead atoms. The van der Waals surface area contributed by atoms with E-state index >= 15 is 4.39 Å². The smallest absolute Gasteiger partial charge is 0.312 e. The van der Waals surface area contributed by atoms with E-state index in [2.05, 4.69) is 4.98 Å². The number of nitrogens with zero attached hydrogens (tertiary/aromatic N) is 3. The first-order valence-corrected chi connectivity index (χ1v) is 10.8. The molecule has 0 radical (unpaired) electrons. The molecule has 7 nitrogen and oxygen atoms in total. The maximum absolute atomic E-state index is 15.3. The summed E-state index contributed by atoms with van der Waals surface area (Å²) in [6.07, 6.45) is 0. The molecule has 0 amide bonds. The highest BCUT2D eigenvalue weighted by atomic mass is 19.2. The zero-order valence-electron chi connectivity index (χ0n) is 18.6. The van der Waals surface area contributed by atoms with Crippen molar-refractivity contribution in [3.05, 3.63) is 77.2 Å². The van der Waals surface area contributed by atoms with Crippen molar-refractivity contribution in [3.8, 4) is 23.4 Å². The number of rotatable bonds is 8. The third-order valence-electron chi connectivity index (χ3n) is 5.32. The Morgan fingerprint density at radius 1 is 1.11 bits per heavy atom. The quantitative estimate of drug-likeness (QED) is 0.338. The van der Waals surface area contributed by atoms with Gasteiger partial charge in [0, 0.05) is 19.2 Å². The lowest BCUT2D eigenvalue weighted by atomic mass is 9.99. The average molecular weight is 483 g/mol. The van der Waals surface area contributed by atoms with Crippen LogP contribution in [0.5, 0.6) is 17.4 Å². The molecule has 0 unspecified atom stereocenters. The number of pyridine rings is 1. The molecule has 2 heterocycles. The Hall–Kier alpha value is -4.26.